The monoisotopic (exact) mass is 426 g/mol. The molecule has 162 valence electrons. The smallest absolute Gasteiger partial charge is 0.257 e. The third-order valence-electron chi connectivity index (χ3n) is 6.39. The molecule has 2 fully saturated rings. The highest BCUT2D eigenvalue weighted by molar-refractivity contribution is 6.01. The van der Waals surface area contributed by atoms with E-state index in [0.717, 1.165) is 31.1 Å². The number of likely N-dealkylation sites (tertiary alicyclic amines) is 1. The van der Waals surface area contributed by atoms with Crippen molar-refractivity contribution in [3.63, 3.8) is 0 Å². The zero-order chi connectivity index (χ0) is 21.5. The van der Waals surface area contributed by atoms with Crippen LogP contribution in [-0.2, 0) is 0 Å². The lowest BCUT2D eigenvalue weighted by Gasteiger charge is -2.29. The van der Waals surface area contributed by atoms with Gasteiger partial charge in [-0.25, -0.2) is 13.3 Å². The Balaban J connectivity index is 1.47. The average Bonchev–Trinajstić information content (AvgIpc) is 3.42. The molecule has 0 radical (unpaired) electrons. The number of fused-ring (bicyclic) bond motifs is 1. The Bertz CT molecular complexity index is 1120. The van der Waals surface area contributed by atoms with E-state index < -0.39 is 11.6 Å². The maximum Gasteiger partial charge on any atom is 0.257 e. The van der Waals surface area contributed by atoms with E-state index in [-0.39, 0.29) is 18.1 Å². The first-order valence-electron chi connectivity index (χ1n) is 10.7. The standard InChI is InChI=1S/C23H24F2N4O2/c24-15-3-4-20(25)18(12-15)21-2-1-8-28(21)16-5-11-29-22(13-16)19(14-26-29)23(31)27-9-6-17(30)7-10-27/h3-5,11-14,17,21,30H,1-2,6-10H2. The van der Waals surface area contributed by atoms with Gasteiger partial charge in [-0.15, -0.1) is 0 Å². The van der Waals surface area contributed by atoms with E-state index in [1.54, 1.807) is 21.8 Å². The second-order valence-corrected chi connectivity index (χ2v) is 8.31. The molecule has 1 amide bonds. The summed E-state index contributed by atoms with van der Waals surface area (Å²) >= 11 is 0. The van der Waals surface area contributed by atoms with Crippen LogP contribution in [0.5, 0.6) is 0 Å². The topological polar surface area (TPSA) is 61.1 Å². The summed E-state index contributed by atoms with van der Waals surface area (Å²) in [6, 6.07) is 7.11. The third kappa shape index (κ3) is 3.65. The Morgan fingerprint density at radius 3 is 2.68 bits per heavy atom. The van der Waals surface area contributed by atoms with E-state index in [4.69, 9.17) is 0 Å². The Kier molecular flexibility index (Phi) is 5.09. The molecule has 0 bridgehead atoms. The number of rotatable bonds is 3. The van der Waals surface area contributed by atoms with Crippen LogP contribution in [0.25, 0.3) is 5.52 Å². The number of aliphatic hydroxyl groups is 1. The molecule has 1 unspecified atom stereocenters. The maximum absolute atomic E-state index is 14.4. The van der Waals surface area contributed by atoms with Crippen LogP contribution < -0.4 is 4.90 Å². The minimum absolute atomic E-state index is 0.104. The lowest BCUT2D eigenvalue weighted by Crippen LogP contribution is -2.40. The van der Waals surface area contributed by atoms with Gasteiger partial charge in [0.1, 0.15) is 11.6 Å². The van der Waals surface area contributed by atoms with Gasteiger partial charge < -0.3 is 14.9 Å². The fourth-order valence-corrected chi connectivity index (χ4v) is 4.72. The van der Waals surface area contributed by atoms with Crippen LogP contribution in [0.15, 0.2) is 42.7 Å². The van der Waals surface area contributed by atoms with Gasteiger partial charge in [0.2, 0.25) is 0 Å². The number of amides is 1. The van der Waals surface area contributed by atoms with Gasteiger partial charge >= 0.3 is 0 Å². The molecule has 1 N–H and O–H groups in total. The number of pyridine rings is 1. The van der Waals surface area contributed by atoms with Gasteiger partial charge in [0.05, 0.1) is 29.4 Å². The first kappa shape index (κ1) is 19.9. The molecule has 2 aliphatic rings. The lowest BCUT2D eigenvalue weighted by molar-refractivity contribution is 0.0548. The quantitative estimate of drug-likeness (QED) is 0.696. The largest absolute Gasteiger partial charge is 0.393 e. The Morgan fingerprint density at radius 1 is 1.06 bits per heavy atom. The highest BCUT2D eigenvalue weighted by Crippen LogP contribution is 2.38. The molecule has 0 spiro atoms. The number of carbonyl (C=O) groups excluding carboxylic acids is 1. The minimum atomic E-state index is -0.450. The molecule has 0 saturated carbocycles. The van der Waals surface area contributed by atoms with Crippen molar-refractivity contribution in [3.8, 4) is 0 Å². The minimum Gasteiger partial charge on any atom is -0.393 e. The highest BCUT2D eigenvalue weighted by atomic mass is 19.1. The van der Waals surface area contributed by atoms with Crippen molar-refractivity contribution in [1.82, 2.24) is 14.5 Å². The van der Waals surface area contributed by atoms with Crippen LogP contribution in [-0.4, -0.2) is 51.3 Å². The number of benzene rings is 1. The molecular formula is C23H24F2N4O2. The van der Waals surface area contributed by atoms with Crippen LogP contribution in [0.1, 0.15) is 47.6 Å². The van der Waals surface area contributed by atoms with Gasteiger partial charge in [-0.1, -0.05) is 0 Å². The number of nitrogens with zero attached hydrogens (tertiary/aromatic N) is 4. The Morgan fingerprint density at radius 2 is 1.87 bits per heavy atom. The first-order valence-corrected chi connectivity index (χ1v) is 10.7. The van der Waals surface area contributed by atoms with Crippen molar-refractivity contribution >= 4 is 17.1 Å². The number of aromatic nitrogens is 2. The van der Waals surface area contributed by atoms with Crippen molar-refractivity contribution in [2.75, 3.05) is 24.5 Å². The molecule has 2 aliphatic heterocycles. The van der Waals surface area contributed by atoms with Gasteiger partial charge in [-0.05, 0) is 56.0 Å². The number of hydrogen-bond donors (Lipinski definition) is 1. The molecule has 31 heavy (non-hydrogen) atoms. The van der Waals surface area contributed by atoms with Crippen molar-refractivity contribution in [2.24, 2.45) is 0 Å². The normalized spacial score (nSPS) is 20.0. The predicted molar refractivity (Wildman–Crippen MR) is 112 cm³/mol. The summed E-state index contributed by atoms with van der Waals surface area (Å²) in [4.78, 5) is 16.9. The summed E-state index contributed by atoms with van der Waals surface area (Å²) < 4.78 is 29.9. The van der Waals surface area contributed by atoms with Gasteiger partial charge in [-0.3, -0.25) is 4.79 Å². The highest BCUT2D eigenvalue weighted by Gasteiger charge is 2.30. The second kappa shape index (κ2) is 7.92. The van der Waals surface area contributed by atoms with Crippen LogP contribution in [0.4, 0.5) is 14.5 Å². The van der Waals surface area contributed by atoms with Crippen molar-refractivity contribution in [1.29, 1.82) is 0 Å². The zero-order valence-electron chi connectivity index (χ0n) is 17.0. The first-order chi connectivity index (χ1) is 15.0. The molecule has 4 heterocycles. The molecule has 1 aromatic carbocycles. The Labute approximate surface area is 178 Å². The zero-order valence-corrected chi connectivity index (χ0v) is 17.0. The number of anilines is 1. The SMILES string of the molecule is O=C(c1cnn2ccc(N3CCCC3c3cc(F)ccc3F)cc12)N1CCC(O)CC1. The molecule has 2 saturated heterocycles. The van der Waals surface area contributed by atoms with E-state index in [9.17, 15) is 18.7 Å². The van der Waals surface area contributed by atoms with Crippen molar-refractivity contribution in [3.05, 3.63) is 65.5 Å². The predicted octanol–water partition coefficient (Wildman–Crippen LogP) is 3.55. The second-order valence-electron chi connectivity index (χ2n) is 8.31. The number of aliphatic hydroxyl groups excluding tert-OH is 1. The van der Waals surface area contributed by atoms with Crippen LogP contribution in [0.2, 0.25) is 0 Å². The van der Waals surface area contributed by atoms with Crippen LogP contribution >= 0.6 is 0 Å². The summed E-state index contributed by atoms with van der Waals surface area (Å²) in [7, 11) is 0. The summed E-state index contributed by atoms with van der Waals surface area (Å²) in [6.45, 7) is 1.76. The molecule has 8 heteroatoms. The van der Waals surface area contributed by atoms with Gasteiger partial charge in [0, 0.05) is 37.1 Å². The fraction of sp³-hybridized carbons (Fsp3) is 0.391. The summed E-state index contributed by atoms with van der Waals surface area (Å²) in [5.41, 5.74) is 2.39. The average molecular weight is 426 g/mol. The van der Waals surface area contributed by atoms with E-state index in [0.29, 0.717) is 42.6 Å². The third-order valence-corrected chi connectivity index (χ3v) is 6.39. The molecule has 3 aromatic rings. The molecule has 0 aliphatic carbocycles. The molecular weight excluding hydrogens is 402 g/mol. The summed E-state index contributed by atoms with van der Waals surface area (Å²) in [5, 5.41) is 14.0. The molecule has 5 rings (SSSR count). The van der Waals surface area contributed by atoms with Gasteiger partial charge in [-0.2, -0.15) is 5.10 Å². The van der Waals surface area contributed by atoms with Gasteiger partial charge in [0.25, 0.3) is 5.91 Å². The van der Waals surface area contributed by atoms with E-state index in [1.807, 2.05) is 12.1 Å². The lowest BCUT2D eigenvalue weighted by atomic mass is 10.0. The molecule has 6 nitrogen and oxygen atoms in total. The van der Waals surface area contributed by atoms with Crippen molar-refractivity contribution < 1.29 is 18.7 Å². The van der Waals surface area contributed by atoms with E-state index in [2.05, 4.69) is 10.00 Å². The van der Waals surface area contributed by atoms with Crippen LogP contribution in [0, 0.1) is 11.6 Å². The number of piperidine rings is 1. The van der Waals surface area contributed by atoms with Crippen molar-refractivity contribution in [2.45, 2.75) is 37.8 Å². The number of carbonyl (C=O) groups is 1. The maximum atomic E-state index is 14.4. The molecule has 2 aromatic heterocycles. The number of halogens is 2. The summed E-state index contributed by atoms with van der Waals surface area (Å²) in [5.74, 6) is -0.964. The Hall–Kier alpha value is -3.00. The van der Waals surface area contributed by atoms with E-state index in [1.165, 1.54) is 12.1 Å². The molecule has 1 atom stereocenters. The van der Waals surface area contributed by atoms with Crippen LogP contribution in [0.3, 0.4) is 0 Å². The summed E-state index contributed by atoms with van der Waals surface area (Å²) in [6.07, 6.45) is 5.75. The number of hydrogen-bond acceptors (Lipinski definition) is 4. The fourth-order valence-electron chi connectivity index (χ4n) is 4.72. The van der Waals surface area contributed by atoms with E-state index >= 15 is 0 Å². The van der Waals surface area contributed by atoms with Gasteiger partial charge in [0.15, 0.2) is 0 Å².